The van der Waals surface area contributed by atoms with Crippen LogP contribution in [0.3, 0.4) is 0 Å². The Morgan fingerprint density at radius 2 is 1.75 bits per heavy atom. The van der Waals surface area contributed by atoms with Crippen LogP contribution in [-0.2, 0) is 16.0 Å². The van der Waals surface area contributed by atoms with Gasteiger partial charge in [-0.25, -0.2) is 4.79 Å². The van der Waals surface area contributed by atoms with E-state index in [0.717, 1.165) is 31.6 Å². The van der Waals surface area contributed by atoms with E-state index in [4.69, 9.17) is 4.74 Å². The van der Waals surface area contributed by atoms with Crippen molar-refractivity contribution in [2.75, 3.05) is 25.1 Å². The lowest BCUT2D eigenvalue weighted by Gasteiger charge is -2.19. The van der Waals surface area contributed by atoms with Gasteiger partial charge in [0.05, 0.1) is 0 Å². The van der Waals surface area contributed by atoms with Crippen molar-refractivity contribution in [2.45, 2.75) is 25.3 Å². The van der Waals surface area contributed by atoms with Crippen LogP contribution in [0, 0.1) is 5.92 Å². The van der Waals surface area contributed by atoms with Crippen LogP contribution in [0.5, 0.6) is 0 Å². The molecule has 6 nitrogen and oxygen atoms in total. The summed E-state index contributed by atoms with van der Waals surface area (Å²) in [5.74, 6) is 0.260. The molecule has 3 amide bonds. The predicted octanol–water partition coefficient (Wildman–Crippen LogP) is 2.96. The number of rotatable bonds is 8. The van der Waals surface area contributed by atoms with Gasteiger partial charge in [0, 0.05) is 31.9 Å². The molecule has 3 N–H and O–H groups in total. The van der Waals surface area contributed by atoms with Crippen molar-refractivity contribution in [3.63, 3.8) is 0 Å². The van der Waals surface area contributed by atoms with E-state index in [1.165, 1.54) is 0 Å². The number of benzene rings is 2. The van der Waals surface area contributed by atoms with E-state index in [1.807, 2.05) is 60.7 Å². The molecule has 148 valence electrons. The molecule has 0 bridgehead atoms. The Labute approximate surface area is 165 Å². The fraction of sp³-hybridized carbons (Fsp3) is 0.364. The van der Waals surface area contributed by atoms with Gasteiger partial charge in [-0.1, -0.05) is 48.5 Å². The van der Waals surface area contributed by atoms with Crippen LogP contribution in [0.25, 0.3) is 0 Å². The molecule has 1 heterocycles. The molecular weight excluding hydrogens is 354 g/mol. The minimum atomic E-state index is -0.669. The van der Waals surface area contributed by atoms with Gasteiger partial charge in [0.1, 0.15) is 6.04 Å². The number of anilines is 1. The third kappa shape index (κ3) is 6.39. The van der Waals surface area contributed by atoms with Crippen LogP contribution in [0.2, 0.25) is 0 Å². The molecule has 1 aliphatic rings. The summed E-state index contributed by atoms with van der Waals surface area (Å²) >= 11 is 0. The van der Waals surface area contributed by atoms with Crippen LogP contribution < -0.4 is 16.0 Å². The molecule has 28 heavy (non-hydrogen) atoms. The Kier molecular flexibility index (Phi) is 7.44. The number of para-hydroxylation sites is 1. The molecule has 1 saturated heterocycles. The van der Waals surface area contributed by atoms with Gasteiger partial charge in [0.25, 0.3) is 0 Å². The number of amides is 3. The van der Waals surface area contributed by atoms with E-state index in [0.29, 0.717) is 24.6 Å². The van der Waals surface area contributed by atoms with Crippen LogP contribution >= 0.6 is 0 Å². The Bertz CT molecular complexity index is 746. The standard InChI is InChI=1S/C22H27N3O3/c26-21(24-19-9-5-2-6-10-19)20(15-17-7-3-1-4-8-17)25-22(27)23-13-11-18-12-14-28-16-18/h1-10,18,20H,11-16H2,(H,24,26)(H2,23,25,27). The van der Waals surface area contributed by atoms with Crippen LogP contribution in [0.1, 0.15) is 18.4 Å². The number of hydrogen-bond donors (Lipinski definition) is 3. The topological polar surface area (TPSA) is 79.5 Å². The average Bonchev–Trinajstić information content (AvgIpc) is 3.22. The molecule has 3 rings (SSSR count). The molecule has 0 spiro atoms. The highest BCUT2D eigenvalue weighted by Crippen LogP contribution is 2.15. The van der Waals surface area contributed by atoms with E-state index in [-0.39, 0.29) is 11.9 Å². The zero-order valence-electron chi connectivity index (χ0n) is 15.9. The normalized spacial score (nSPS) is 16.9. The van der Waals surface area contributed by atoms with Crippen molar-refractivity contribution in [1.82, 2.24) is 10.6 Å². The molecular formula is C22H27N3O3. The first-order valence-corrected chi connectivity index (χ1v) is 9.72. The van der Waals surface area contributed by atoms with Gasteiger partial charge >= 0.3 is 6.03 Å². The lowest BCUT2D eigenvalue weighted by atomic mass is 10.0. The zero-order chi connectivity index (χ0) is 19.6. The summed E-state index contributed by atoms with van der Waals surface area (Å²) in [6.45, 7) is 2.13. The molecule has 6 heteroatoms. The first-order valence-electron chi connectivity index (χ1n) is 9.72. The number of ether oxygens (including phenoxy) is 1. The van der Waals surface area contributed by atoms with E-state index in [2.05, 4.69) is 16.0 Å². The highest BCUT2D eigenvalue weighted by Gasteiger charge is 2.22. The van der Waals surface area contributed by atoms with Gasteiger partial charge in [0.2, 0.25) is 5.91 Å². The van der Waals surface area contributed by atoms with Crippen molar-refractivity contribution in [3.8, 4) is 0 Å². The number of hydrogen-bond acceptors (Lipinski definition) is 3. The smallest absolute Gasteiger partial charge is 0.315 e. The van der Waals surface area contributed by atoms with Gasteiger partial charge < -0.3 is 20.7 Å². The molecule has 2 aromatic rings. The number of nitrogens with one attached hydrogen (secondary N) is 3. The maximum atomic E-state index is 12.8. The molecule has 1 fully saturated rings. The van der Waals surface area contributed by atoms with Crippen molar-refractivity contribution < 1.29 is 14.3 Å². The number of carbonyl (C=O) groups excluding carboxylic acids is 2. The molecule has 2 atom stereocenters. The number of urea groups is 1. The van der Waals surface area contributed by atoms with E-state index < -0.39 is 6.04 Å². The van der Waals surface area contributed by atoms with E-state index in [9.17, 15) is 9.59 Å². The fourth-order valence-electron chi connectivity index (χ4n) is 3.22. The Hall–Kier alpha value is -2.86. The summed E-state index contributed by atoms with van der Waals surface area (Å²) in [6.07, 6.45) is 2.34. The fourth-order valence-corrected chi connectivity index (χ4v) is 3.22. The maximum absolute atomic E-state index is 12.8. The summed E-state index contributed by atoms with van der Waals surface area (Å²) in [4.78, 5) is 25.1. The number of carbonyl (C=O) groups is 2. The van der Waals surface area contributed by atoms with Crippen LogP contribution in [0.4, 0.5) is 10.5 Å². The second-order valence-electron chi connectivity index (χ2n) is 7.02. The Balaban J connectivity index is 1.56. The highest BCUT2D eigenvalue weighted by molar-refractivity contribution is 5.97. The SMILES string of the molecule is O=C(NCCC1CCOC1)NC(Cc1ccccc1)C(=O)Nc1ccccc1. The van der Waals surface area contributed by atoms with Crippen LogP contribution in [0.15, 0.2) is 60.7 Å². The summed E-state index contributed by atoms with van der Waals surface area (Å²) in [5, 5.41) is 8.55. The van der Waals surface area contributed by atoms with Gasteiger partial charge in [-0.05, 0) is 36.5 Å². The summed E-state index contributed by atoms with van der Waals surface area (Å²) in [6, 6.07) is 17.9. The summed E-state index contributed by atoms with van der Waals surface area (Å²) < 4.78 is 5.35. The Morgan fingerprint density at radius 1 is 1.04 bits per heavy atom. The minimum Gasteiger partial charge on any atom is -0.381 e. The lowest BCUT2D eigenvalue weighted by Crippen LogP contribution is -2.49. The lowest BCUT2D eigenvalue weighted by molar-refractivity contribution is -0.117. The monoisotopic (exact) mass is 381 g/mol. The molecule has 1 aliphatic heterocycles. The molecule has 0 saturated carbocycles. The van der Waals surface area contributed by atoms with Crippen molar-refractivity contribution >= 4 is 17.6 Å². The molecule has 0 aromatic heterocycles. The van der Waals surface area contributed by atoms with Gasteiger partial charge in [-0.3, -0.25) is 4.79 Å². The van der Waals surface area contributed by atoms with Crippen LogP contribution in [-0.4, -0.2) is 37.7 Å². The van der Waals surface area contributed by atoms with Gasteiger partial charge in [0.15, 0.2) is 0 Å². The second-order valence-corrected chi connectivity index (χ2v) is 7.02. The average molecular weight is 381 g/mol. The first kappa shape index (κ1) is 19.9. The molecule has 0 aliphatic carbocycles. The van der Waals surface area contributed by atoms with E-state index in [1.54, 1.807) is 0 Å². The second kappa shape index (κ2) is 10.5. The third-order valence-corrected chi connectivity index (χ3v) is 4.81. The van der Waals surface area contributed by atoms with E-state index >= 15 is 0 Å². The Morgan fingerprint density at radius 3 is 2.43 bits per heavy atom. The van der Waals surface area contributed by atoms with Gasteiger partial charge in [-0.15, -0.1) is 0 Å². The minimum absolute atomic E-state index is 0.241. The molecule has 0 radical (unpaired) electrons. The summed E-state index contributed by atoms with van der Waals surface area (Å²) in [5.41, 5.74) is 1.69. The van der Waals surface area contributed by atoms with Crippen molar-refractivity contribution in [3.05, 3.63) is 66.2 Å². The first-order chi connectivity index (χ1) is 13.7. The largest absolute Gasteiger partial charge is 0.381 e. The van der Waals surface area contributed by atoms with Gasteiger partial charge in [-0.2, -0.15) is 0 Å². The summed E-state index contributed by atoms with van der Waals surface area (Å²) in [7, 11) is 0. The van der Waals surface area contributed by atoms with Crippen molar-refractivity contribution in [2.24, 2.45) is 5.92 Å². The predicted molar refractivity (Wildman–Crippen MR) is 109 cm³/mol. The molecule has 2 unspecified atom stereocenters. The highest BCUT2D eigenvalue weighted by atomic mass is 16.5. The third-order valence-electron chi connectivity index (χ3n) is 4.81. The van der Waals surface area contributed by atoms with Crippen molar-refractivity contribution in [1.29, 1.82) is 0 Å². The molecule has 2 aromatic carbocycles. The quantitative estimate of drug-likeness (QED) is 0.658. The maximum Gasteiger partial charge on any atom is 0.315 e. The zero-order valence-corrected chi connectivity index (χ0v) is 15.9.